The molecule has 2 rings (SSSR count). The minimum Gasteiger partial charge on any atom is -0.350 e. The Kier molecular flexibility index (Phi) is 3.22. The summed E-state index contributed by atoms with van der Waals surface area (Å²) in [6.07, 6.45) is 0. The van der Waals surface area contributed by atoms with Crippen LogP contribution < -0.4 is 11.1 Å². The van der Waals surface area contributed by atoms with Gasteiger partial charge in [-0.25, -0.2) is 0 Å². The molecular weight excluding hydrogens is 220 g/mol. The van der Waals surface area contributed by atoms with Gasteiger partial charge in [-0.1, -0.05) is 12.1 Å². The minimum atomic E-state index is -0.0361. The van der Waals surface area contributed by atoms with Crippen LogP contribution in [0.25, 0.3) is 10.1 Å². The standard InChI is InChI=1S/C12H14N2OS/c1-8-3-2-4-10-9(8)7-11(16-10)12(15)14-6-5-13/h2-4,7H,5-6,13H2,1H3,(H,14,15). The van der Waals surface area contributed by atoms with Crippen molar-refractivity contribution in [2.24, 2.45) is 5.73 Å². The van der Waals surface area contributed by atoms with E-state index in [1.54, 1.807) is 0 Å². The van der Waals surface area contributed by atoms with Crippen molar-refractivity contribution in [2.75, 3.05) is 13.1 Å². The summed E-state index contributed by atoms with van der Waals surface area (Å²) >= 11 is 1.52. The number of hydrogen-bond acceptors (Lipinski definition) is 3. The number of fused-ring (bicyclic) bond motifs is 1. The second kappa shape index (κ2) is 4.63. The van der Waals surface area contributed by atoms with Crippen LogP contribution in [0.15, 0.2) is 24.3 Å². The number of carbonyl (C=O) groups excluding carboxylic acids is 1. The van der Waals surface area contributed by atoms with E-state index in [1.165, 1.54) is 16.9 Å². The summed E-state index contributed by atoms with van der Waals surface area (Å²) in [5.41, 5.74) is 6.54. The highest BCUT2D eigenvalue weighted by Crippen LogP contribution is 2.27. The van der Waals surface area contributed by atoms with Crippen LogP contribution in [0.1, 0.15) is 15.2 Å². The maximum atomic E-state index is 11.7. The van der Waals surface area contributed by atoms with E-state index in [9.17, 15) is 4.79 Å². The number of carbonyl (C=O) groups is 1. The molecule has 0 atom stereocenters. The third-order valence-corrected chi connectivity index (χ3v) is 3.53. The van der Waals surface area contributed by atoms with Crippen molar-refractivity contribution in [3.8, 4) is 0 Å². The molecule has 1 aromatic carbocycles. The first kappa shape index (κ1) is 11.1. The van der Waals surface area contributed by atoms with Crippen molar-refractivity contribution in [1.82, 2.24) is 5.32 Å². The Hall–Kier alpha value is -1.39. The van der Waals surface area contributed by atoms with Crippen molar-refractivity contribution < 1.29 is 4.79 Å². The predicted molar refractivity (Wildman–Crippen MR) is 67.9 cm³/mol. The Bertz CT molecular complexity index is 519. The fourth-order valence-electron chi connectivity index (χ4n) is 1.59. The van der Waals surface area contributed by atoms with E-state index in [1.807, 2.05) is 18.2 Å². The van der Waals surface area contributed by atoms with Crippen LogP contribution >= 0.6 is 11.3 Å². The van der Waals surface area contributed by atoms with Crippen molar-refractivity contribution in [2.45, 2.75) is 6.92 Å². The van der Waals surface area contributed by atoms with Crippen molar-refractivity contribution in [3.05, 3.63) is 34.7 Å². The summed E-state index contributed by atoms with van der Waals surface area (Å²) in [5.74, 6) is -0.0361. The molecule has 2 aromatic rings. The Balaban J connectivity index is 2.32. The van der Waals surface area contributed by atoms with Crippen LogP contribution in [0.4, 0.5) is 0 Å². The zero-order valence-corrected chi connectivity index (χ0v) is 9.93. The lowest BCUT2D eigenvalue weighted by molar-refractivity contribution is 0.0959. The zero-order valence-electron chi connectivity index (χ0n) is 9.12. The van der Waals surface area contributed by atoms with E-state index >= 15 is 0 Å². The predicted octanol–water partition coefficient (Wildman–Crippen LogP) is 1.90. The number of amides is 1. The highest BCUT2D eigenvalue weighted by atomic mass is 32.1. The SMILES string of the molecule is Cc1cccc2sc(C(=O)NCCN)cc12. The molecule has 3 N–H and O–H groups in total. The van der Waals surface area contributed by atoms with Gasteiger partial charge in [0.25, 0.3) is 5.91 Å². The van der Waals surface area contributed by atoms with Gasteiger partial charge in [0.15, 0.2) is 0 Å². The van der Waals surface area contributed by atoms with Gasteiger partial charge in [0.1, 0.15) is 0 Å². The third-order valence-electron chi connectivity index (χ3n) is 2.43. The van der Waals surface area contributed by atoms with Gasteiger partial charge >= 0.3 is 0 Å². The lowest BCUT2D eigenvalue weighted by Crippen LogP contribution is -2.28. The van der Waals surface area contributed by atoms with E-state index in [0.717, 1.165) is 15.0 Å². The third kappa shape index (κ3) is 2.08. The summed E-state index contributed by atoms with van der Waals surface area (Å²) in [6, 6.07) is 8.04. The van der Waals surface area contributed by atoms with E-state index in [-0.39, 0.29) is 5.91 Å². The molecule has 4 heteroatoms. The minimum absolute atomic E-state index is 0.0361. The van der Waals surface area contributed by atoms with Crippen molar-refractivity contribution in [3.63, 3.8) is 0 Å². The normalized spacial score (nSPS) is 10.6. The molecule has 0 fully saturated rings. The summed E-state index contributed by atoms with van der Waals surface area (Å²) in [5, 5.41) is 3.93. The number of rotatable bonds is 3. The molecule has 0 unspecified atom stereocenters. The second-order valence-corrected chi connectivity index (χ2v) is 4.73. The fraction of sp³-hybridized carbons (Fsp3) is 0.250. The molecule has 1 aromatic heterocycles. The van der Waals surface area contributed by atoms with Crippen LogP contribution in [0.5, 0.6) is 0 Å². The molecule has 0 aliphatic rings. The van der Waals surface area contributed by atoms with Gasteiger partial charge in [0.05, 0.1) is 4.88 Å². The molecular formula is C12H14N2OS. The molecule has 1 heterocycles. The van der Waals surface area contributed by atoms with Crippen molar-refractivity contribution in [1.29, 1.82) is 0 Å². The van der Waals surface area contributed by atoms with E-state index in [0.29, 0.717) is 13.1 Å². The summed E-state index contributed by atoms with van der Waals surface area (Å²) < 4.78 is 1.15. The molecule has 0 spiro atoms. The van der Waals surface area contributed by atoms with Crippen LogP contribution in [0, 0.1) is 6.92 Å². The second-order valence-electron chi connectivity index (χ2n) is 3.64. The van der Waals surface area contributed by atoms with Crippen LogP contribution in [-0.2, 0) is 0 Å². The number of nitrogens with one attached hydrogen (secondary N) is 1. The molecule has 0 aliphatic carbocycles. The van der Waals surface area contributed by atoms with Gasteiger partial charge in [-0.2, -0.15) is 0 Å². The Labute approximate surface area is 98.3 Å². The highest BCUT2D eigenvalue weighted by molar-refractivity contribution is 7.20. The fourth-order valence-corrected chi connectivity index (χ4v) is 2.65. The smallest absolute Gasteiger partial charge is 0.261 e. The zero-order chi connectivity index (χ0) is 11.5. The largest absolute Gasteiger partial charge is 0.350 e. The maximum Gasteiger partial charge on any atom is 0.261 e. The van der Waals surface area contributed by atoms with E-state index in [2.05, 4.69) is 18.3 Å². The maximum absolute atomic E-state index is 11.7. The van der Waals surface area contributed by atoms with Crippen LogP contribution in [0.3, 0.4) is 0 Å². The number of benzene rings is 1. The molecule has 0 saturated carbocycles. The van der Waals surface area contributed by atoms with Crippen molar-refractivity contribution >= 4 is 27.3 Å². The highest BCUT2D eigenvalue weighted by Gasteiger charge is 2.10. The quantitative estimate of drug-likeness (QED) is 0.852. The van der Waals surface area contributed by atoms with Crippen LogP contribution in [0.2, 0.25) is 0 Å². The Morgan fingerprint density at radius 1 is 1.50 bits per heavy atom. The Morgan fingerprint density at radius 3 is 3.00 bits per heavy atom. The number of hydrogen-bond donors (Lipinski definition) is 2. The molecule has 0 aliphatic heterocycles. The molecule has 3 nitrogen and oxygen atoms in total. The van der Waals surface area contributed by atoms with E-state index < -0.39 is 0 Å². The summed E-state index contributed by atoms with van der Waals surface area (Å²) in [6.45, 7) is 3.04. The lowest BCUT2D eigenvalue weighted by Gasteiger charge is -1.98. The average molecular weight is 234 g/mol. The lowest BCUT2D eigenvalue weighted by atomic mass is 10.1. The van der Waals surface area contributed by atoms with Gasteiger partial charge in [0, 0.05) is 17.8 Å². The first-order valence-electron chi connectivity index (χ1n) is 5.20. The average Bonchev–Trinajstić information content (AvgIpc) is 2.71. The van der Waals surface area contributed by atoms with Crippen LogP contribution in [-0.4, -0.2) is 19.0 Å². The van der Waals surface area contributed by atoms with Gasteiger partial charge in [-0.05, 0) is 30.0 Å². The van der Waals surface area contributed by atoms with Gasteiger partial charge in [-0.3, -0.25) is 4.79 Å². The number of thiophene rings is 1. The molecule has 0 radical (unpaired) electrons. The molecule has 16 heavy (non-hydrogen) atoms. The van der Waals surface area contributed by atoms with Gasteiger partial charge in [0.2, 0.25) is 0 Å². The first-order valence-corrected chi connectivity index (χ1v) is 6.01. The number of nitrogens with two attached hydrogens (primary N) is 1. The molecule has 0 bridgehead atoms. The van der Waals surface area contributed by atoms with E-state index in [4.69, 9.17) is 5.73 Å². The van der Waals surface area contributed by atoms with Gasteiger partial charge in [-0.15, -0.1) is 11.3 Å². The Morgan fingerprint density at radius 2 is 2.31 bits per heavy atom. The molecule has 84 valence electrons. The summed E-state index contributed by atoms with van der Waals surface area (Å²) in [7, 11) is 0. The first-order chi connectivity index (χ1) is 7.72. The summed E-state index contributed by atoms with van der Waals surface area (Å²) in [4.78, 5) is 12.5. The molecule has 1 amide bonds. The number of aryl methyl sites for hydroxylation is 1. The van der Waals surface area contributed by atoms with Gasteiger partial charge < -0.3 is 11.1 Å². The molecule has 0 saturated heterocycles. The topological polar surface area (TPSA) is 55.1 Å². The monoisotopic (exact) mass is 234 g/mol.